The first-order valence-electron chi connectivity index (χ1n) is 5.07. The maximum atomic E-state index is 11.2. The lowest BCUT2D eigenvalue weighted by Gasteiger charge is -2.12. The zero-order chi connectivity index (χ0) is 13.3. The van der Waals surface area contributed by atoms with Crippen molar-refractivity contribution in [2.75, 3.05) is 6.54 Å². The smallest absolute Gasteiger partial charge is 0.326 e. The molecule has 0 saturated heterocycles. The number of carboxylic acid groups (broad SMARTS) is 2. The molecule has 2 amide bonds. The van der Waals surface area contributed by atoms with E-state index < -0.39 is 30.4 Å². The van der Waals surface area contributed by atoms with Crippen LogP contribution < -0.4 is 10.6 Å². The molecule has 0 bridgehead atoms. The van der Waals surface area contributed by atoms with E-state index in [1.165, 1.54) is 0 Å². The zero-order valence-corrected chi connectivity index (χ0v) is 9.47. The molecule has 0 aromatic rings. The van der Waals surface area contributed by atoms with Gasteiger partial charge in [-0.05, 0) is 13.3 Å². The molecule has 0 aliphatic heterocycles. The van der Waals surface area contributed by atoms with Crippen molar-refractivity contribution in [1.29, 1.82) is 0 Å². The van der Waals surface area contributed by atoms with Crippen LogP contribution in [-0.4, -0.2) is 40.8 Å². The number of nitrogens with one attached hydrogen (secondary N) is 2. The monoisotopic (exact) mass is 244 g/mol. The van der Waals surface area contributed by atoms with Crippen molar-refractivity contribution in [2.45, 2.75) is 25.8 Å². The Balaban J connectivity index is 4.04. The highest BCUT2D eigenvalue weighted by atomic mass is 16.4. The third-order valence-corrected chi connectivity index (χ3v) is 1.81. The van der Waals surface area contributed by atoms with Crippen LogP contribution in [0, 0.1) is 0 Å². The average molecular weight is 244 g/mol. The van der Waals surface area contributed by atoms with E-state index in [2.05, 4.69) is 10.6 Å². The Hall–Kier alpha value is -2.05. The normalized spacial score (nSPS) is 12.1. The lowest BCUT2D eigenvalue weighted by Crippen LogP contribution is -2.47. The van der Waals surface area contributed by atoms with E-state index in [1.807, 2.05) is 19.1 Å². The van der Waals surface area contributed by atoms with Gasteiger partial charge in [0, 0.05) is 6.54 Å². The topological polar surface area (TPSA) is 116 Å². The van der Waals surface area contributed by atoms with E-state index in [0.29, 0.717) is 13.0 Å². The fourth-order valence-electron chi connectivity index (χ4n) is 1.02. The molecule has 7 heteroatoms. The van der Waals surface area contributed by atoms with Gasteiger partial charge >= 0.3 is 18.0 Å². The number of carbonyl (C=O) groups excluding carboxylic acids is 1. The predicted molar refractivity (Wildman–Crippen MR) is 59.6 cm³/mol. The highest BCUT2D eigenvalue weighted by Gasteiger charge is 2.22. The molecule has 17 heavy (non-hydrogen) atoms. The number of carbonyl (C=O) groups is 3. The molecule has 96 valence electrons. The van der Waals surface area contributed by atoms with Crippen LogP contribution in [0.2, 0.25) is 0 Å². The van der Waals surface area contributed by atoms with Gasteiger partial charge in [-0.25, -0.2) is 9.59 Å². The summed E-state index contributed by atoms with van der Waals surface area (Å²) in [6.45, 7) is 2.20. The van der Waals surface area contributed by atoms with Crippen LogP contribution in [-0.2, 0) is 9.59 Å². The number of hydrogen-bond acceptors (Lipinski definition) is 3. The molecule has 1 unspecified atom stereocenters. The van der Waals surface area contributed by atoms with Gasteiger partial charge in [0.25, 0.3) is 0 Å². The van der Waals surface area contributed by atoms with Gasteiger partial charge in [0.1, 0.15) is 6.04 Å². The van der Waals surface area contributed by atoms with Crippen molar-refractivity contribution in [3.63, 3.8) is 0 Å². The summed E-state index contributed by atoms with van der Waals surface area (Å²) in [7, 11) is 0. The molecule has 0 aromatic carbocycles. The number of aliphatic carboxylic acids is 2. The summed E-state index contributed by atoms with van der Waals surface area (Å²) >= 11 is 0. The first-order chi connectivity index (χ1) is 7.97. The van der Waals surface area contributed by atoms with Gasteiger partial charge in [0.05, 0.1) is 6.42 Å². The van der Waals surface area contributed by atoms with E-state index >= 15 is 0 Å². The molecule has 0 radical (unpaired) electrons. The van der Waals surface area contributed by atoms with E-state index in [9.17, 15) is 14.4 Å². The Labute approximate surface area is 98.5 Å². The second-order valence-corrected chi connectivity index (χ2v) is 3.25. The van der Waals surface area contributed by atoms with Crippen LogP contribution in [0.15, 0.2) is 12.2 Å². The van der Waals surface area contributed by atoms with Crippen LogP contribution in [0.3, 0.4) is 0 Å². The third-order valence-electron chi connectivity index (χ3n) is 1.81. The molecule has 7 nitrogen and oxygen atoms in total. The molecule has 0 fully saturated rings. The van der Waals surface area contributed by atoms with Crippen LogP contribution >= 0.6 is 0 Å². The molecule has 0 aromatic heterocycles. The fourth-order valence-corrected chi connectivity index (χ4v) is 1.02. The number of urea groups is 1. The minimum Gasteiger partial charge on any atom is -0.481 e. The molecule has 1 atom stereocenters. The summed E-state index contributed by atoms with van der Waals surface area (Å²) in [5.41, 5.74) is 0. The molecule has 4 N–H and O–H groups in total. The summed E-state index contributed by atoms with van der Waals surface area (Å²) < 4.78 is 0. The number of rotatable bonds is 7. The molecule has 0 saturated carbocycles. The number of hydrogen-bond donors (Lipinski definition) is 4. The number of amides is 2. The quantitative estimate of drug-likeness (QED) is 0.376. The molecule has 0 rings (SSSR count). The second-order valence-electron chi connectivity index (χ2n) is 3.25. The van der Waals surface area contributed by atoms with Crippen LogP contribution in [0.25, 0.3) is 0 Å². The van der Waals surface area contributed by atoms with Gasteiger partial charge in [0.2, 0.25) is 0 Å². The maximum absolute atomic E-state index is 11.2. The molecular formula is C10H16N2O5. The van der Waals surface area contributed by atoms with E-state index in [-0.39, 0.29) is 0 Å². The highest BCUT2D eigenvalue weighted by molar-refractivity contribution is 5.86. The molecule has 0 spiro atoms. The standard InChI is InChI=1S/C10H16N2O5/c1-2-3-4-5-11-10(17)12-7(9(15)16)6-8(13)14/h2-3,7H,4-6H2,1H3,(H,13,14)(H,15,16)(H2,11,12,17)/b3-2+. The van der Waals surface area contributed by atoms with E-state index in [4.69, 9.17) is 10.2 Å². The van der Waals surface area contributed by atoms with Crippen molar-refractivity contribution in [3.8, 4) is 0 Å². The van der Waals surface area contributed by atoms with E-state index in [1.54, 1.807) is 0 Å². The Morgan fingerprint density at radius 3 is 2.41 bits per heavy atom. The molecule has 0 heterocycles. The Morgan fingerprint density at radius 1 is 1.29 bits per heavy atom. The van der Waals surface area contributed by atoms with Crippen molar-refractivity contribution < 1.29 is 24.6 Å². The SMILES string of the molecule is C/C=C/CCNC(=O)NC(CC(=O)O)C(=O)O. The van der Waals surface area contributed by atoms with Crippen LogP contribution in [0.1, 0.15) is 19.8 Å². The van der Waals surface area contributed by atoms with Gasteiger partial charge < -0.3 is 20.8 Å². The van der Waals surface area contributed by atoms with Gasteiger partial charge in [-0.2, -0.15) is 0 Å². The highest BCUT2D eigenvalue weighted by Crippen LogP contribution is 1.92. The Morgan fingerprint density at radius 2 is 1.94 bits per heavy atom. The largest absolute Gasteiger partial charge is 0.481 e. The summed E-state index contributed by atoms with van der Waals surface area (Å²) in [6, 6.07) is -2.11. The molecule has 0 aliphatic rings. The first kappa shape index (κ1) is 14.9. The predicted octanol–water partition coefficient (Wildman–Crippen LogP) is 0.180. The summed E-state index contributed by atoms with van der Waals surface area (Å²) in [6.07, 6.45) is 3.63. The summed E-state index contributed by atoms with van der Waals surface area (Å²) in [5, 5.41) is 21.6. The summed E-state index contributed by atoms with van der Waals surface area (Å²) in [4.78, 5) is 32.2. The van der Waals surface area contributed by atoms with Crippen molar-refractivity contribution in [2.24, 2.45) is 0 Å². The Bertz CT molecular complexity index is 314. The van der Waals surface area contributed by atoms with E-state index in [0.717, 1.165) is 0 Å². The second kappa shape index (κ2) is 8.14. The minimum absolute atomic E-state index is 0.357. The van der Waals surface area contributed by atoms with Gasteiger partial charge in [-0.1, -0.05) is 12.2 Å². The van der Waals surface area contributed by atoms with Crippen molar-refractivity contribution in [1.82, 2.24) is 10.6 Å². The maximum Gasteiger partial charge on any atom is 0.326 e. The first-order valence-corrected chi connectivity index (χ1v) is 5.07. The van der Waals surface area contributed by atoms with Gasteiger partial charge in [-0.3, -0.25) is 4.79 Å². The third kappa shape index (κ3) is 7.83. The average Bonchev–Trinajstić information content (AvgIpc) is 2.22. The number of carboxylic acids is 2. The van der Waals surface area contributed by atoms with Gasteiger partial charge in [-0.15, -0.1) is 0 Å². The van der Waals surface area contributed by atoms with Gasteiger partial charge in [0.15, 0.2) is 0 Å². The van der Waals surface area contributed by atoms with Crippen molar-refractivity contribution in [3.05, 3.63) is 12.2 Å². The van der Waals surface area contributed by atoms with Crippen LogP contribution in [0.5, 0.6) is 0 Å². The Kier molecular flexibility index (Phi) is 7.16. The molecule has 0 aliphatic carbocycles. The fraction of sp³-hybridized carbons (Fsp3) is 0.500. The van der Waals surface area contributed by atoms with Crippen LogP contribution in [0.4, 0.5) is 4.79 Å². The molecular weight excluding hydrogens is 228 g/mol. The zero-order valence-electron chi connectivity index (χ0n) is 9.47. The van der Waals surface area contributed by atoms with Crippen molar-refractivity contribution >= 4 is 18.0 Å². The number of allylic oxidation sites excluding steroid dienone is 1. The lowest BCUT2D eigenvalue weighted by atomic mass is 10.2. The minimum atomic E-state index is -1.42. The lowest BCUT2D eigenvalue weighted by molar-refractivity contribution is -0.145. The summed E-state index contributed by atoms with van der Waals surface area (Å²) in [5.74, 6) is -2.66.